The van der Waals surface area contributed by atoms with Gasteiger partial charge in [-0.3, -0.25) is 4.79 Å². The third-order valence-electron chi connectivity index (χ3n) is 7.27. The van der Waals surface area contributed by atoms with E-state index in [0.29, 0.717) is 5.69 Å². The molecule has 3 aromatic rings. The molecule has 0 radical (unpaired) electrons. The van der Waals surface area contributed by atoms with E-state index in [0.717, 1.165) is 16.8 Å². The van der Waals surface area contributed by atoms with Crippen LogP contribution in [0.1, 0.15) is 64.6 Å². The number of nitrogens with zero attached hydrogens (tertiary/aromatic N) is 6. The molecule has 1 aromatic heterocycles. The van der Waals surface area contributed by atoms with Gasteiger partial charge in [-0.2, -0.15) is 10.4 Å². The predicted octanol–water partition coefficient (Wildman–Crippen LogP) is -1.17. The van der Waals surface area contributed by atoms with Crippen LogP contribution in [0.5, 0.6) is 0 Å². The molecule has 0 aliphatic carbocycles. The number of sulfonamides is 1. The van der Waals surface area contributed by atoms with Crippen molar-refractivity contribution < 1.29 is 142 Å². The molecule has 0 unspecified atom stereocenters. The van der Waals surface area contributed by atoms with Crippen LogP contribution in [-0.2, 0) is 40.5 Å². The first-order valence-corrected chi connectivity index (χ1v) is 20.9. The number of aromatic nitrogens is 2. The SMILES string of the molecule is CC(=O)Nc1cc(N(CCCCS(=O)(=O)[O-])CCCCS(=O)(=O)[O-])ccc1N=Nc1c(C#N)c(C(C)(C)C)nn1-c1c(Cl)cc(S(N)(=O)=O)cc1Cl.[K+].[K+]. The number of nitrogens with one attached hydrogen (secondary N) is 1. The van der Waals surface area contributed by atoms with Crippen molar-refractivity contribution in [1.82, 2.24) is 9.78 Å². The minimum atomic E-state index is -4.43. The van der Waals surface area contributed by atoms with Crippen molar-refractivity contribution in [2.24, 2.45) is 15.4 Å². The number of benzene rings is 2. The number of amides is 1. The molecule has 0 fully saturated rings. The number of primary sulfonamides is 1. The Morgan fingerprint density at radius 1 is 0.944 bits per heavy atom. The first kappa shape index (κ1) is 51.6. The van der Waals surface area contributed by atoms with Crippen molar-refractivity contribution >= 4 is 82.2 Å². The van der Waals surface area contributed by atoms with Crippen LogP contribution in [0.2, 0.25) is 10.0 Å². The molecular weight excluding hydrogens is 862 g/mol. The largest absolute Gasteiger partial charge is 1.00 e. The topological polar surface area (TPSA) is 273 Å². The average Bonchev–Trinajstić information content (AvgIpc) is 3.36. The van der Waals surface area contributed by atoms with E-state index in [1.165, 1.54) is 13.0 Å². The van der Waals surface area contributed by atoms with Crippen LogP contribution in [0.3, 0.4) is 0 Å². The van der Waals surface area contributed by atoms with E-state index in [1.54, 1.807) is 37.8 Å². The van der Waals surface area contributed by atoms with Gasteiger partial charge >= 0.3 is 103 Å². The second-order valence-electron chi connectivity index (χ2n) is 12.6. The number of hydrogen-bond donors (Lipinski definition) is 2. The molecule has 284 valence electrons. The van der Waals surface area contributed by atoms with Crippen molar-refractivity contribution in [3.63, 3.8) is 0 Å². The summed E-state index contributed by atoms with van der Waals surface area (Å²) < 4.78 is 91.7. The van der Waals surface area contributed by atoms with Crippen LogP contribution in [0.4, 0.5) is 22.9 Å². The van der Waals surface area contributed by atoms with E-state index in [9.17, 15) is 44.4 Å². The van der Waals surface area contributed by atoms with Crippen LogP contribution < -0.4 is 118 Å². The second-order valence-corrected chi connectivity index (χ2v) is 18.0. The molecule has 0 saturated carbocycles. The summed E-state index contributed by atoms with van der Waals surface area (Å²) in [5.41, 5.74) is 0.352. The molecule has 0 bridgehead atoms. The molecule has 1 heterocycles. The van der Waals surface area contributed by atoms with Crippen molar-refractivity contribution in [3.05, 3.63) is 51.6 Å². The number of unbranched alkanes of at least 4 members (excludes halogenated alkanes) is 2. The predicted molar refractivity (Wildman–Crippen MR) is 193 cm³/mol. The number of hydrogen-bond acceptors (Lipinski definition) is 14. The molecular formula is C30H36Cl2K2N8O9S3. The van der Waals surface area contributed by atoms with Gasteiger partial charge in [-0.25, -0.2) is 35.1 Å². The summed E-state index contributed by atoms with van der Waals surface area (Å²) in [5.74, 6) is -1.75. The second kappa shape index (κ2) is 21.6. The summed E-state index contributed by atoms with van der Waals surface area (Å²) in [6, 6.07) is 8.88. The molecule has 0 saturated heterocycles. The van der Waals surface area contributed by atoms with Gasteiger partial charge in [-0.1, -0.05) is 44.0 Å². The number of nitriles is 1. The smallest absolute Gasteiger partial charge is 0.748 e. The standard InChI is InChI=1S/C30H38Cl2N8O9S3.2K/c1-19(41)35-26-15-20(39(11-5-7-13-50(42,43)44)12-6-8-14-51(45,46)47)9-10-25(26)36-37-29-22(18-33)28(30(2,3)4)38-40(29)27-23(31)16-21(17-24(27)32)52(34,48)49;;/h9-10,15-17H,5-8,11-14H2,1-4H3,(H,35,41)(H2,34,48,49)(H,42,43,44)(H,45,46,47);;/q;2*+1/p-2. The van der Waals surface area contributed by atoms with Gasteiger partial charge in [0.15, 0.2) is 5.82 Å². The molecule has 1 amide bonds. The summed E-state index contributed by atoms with van der Waals surface area (Å²) >= 11 is 13.0. The zero-order valence-corrected chi connectivity index (χ0v) is 40.7. The maximum atomic E-state index is 12.2. The number of halogens is 2. The van der Waals surface area contributed by atoms with Gasteiger partial charge in [-0.05, 0) is 56.0 Å². The van der Waals surface area contributed by atoms with Gasteiger partial charge in [-0.15, -0.1) is 10.2 Å². The van der Waals surface area contributed by atoms with Crippen molar-refractivity contribution in [1.29, 1.82) is 5.26 Å². The minimum Gasteiger partial charge on any atom is -0.748 e. The van der Waals surface area contributed by atoms with E-state index < -0.39 is 53.1 Å². The summed E-state index contributed by atoms with van der Waals surface area (Å²) in [6.45, 7) is 7.14. The van der Waals surface area contributed by atoms with E-state index in [1.807, 2.05) is 0 Å². The van der Waals surface area contributed by atoms with Gasteiger partial charge in [0.25, 0.3) is 0 Å². The summed E-state index contributed by atoms with van der Waals surface area (Å²) in [5, 5.41) is 31.0. The van der Waals surface area contributed by atoms with Crippen LogP contribution in [0, 0.1) is 11.3 Å². The molecule has 17 nitrogen and oxygen atoms in total. The van der Waals surface area contributed by atoms with Crippen molar-refractivity contribution in [2.45, 2.75) is 63.7 Å². The fourth-order valence-corrected chi connectivity index (χ4v) is 7.38. The zero-order chi connectivity index (χ0) is 39.2. The quantitative estimate of drug-likeness (QED) is 0.0746. The Balaban J connectivity index is 0.00000729. The molecule has 3 N–H and O–H groups in total. The Morgan fingerprint density at radius 2 is 1.46 bits per heavy atom. The average molecular weight is 898 g/mol. The maximum absolute atomic E-state index is 12.2. The maximum Gasteiger partial charge on any atom is 1.00 e. The minimum absolute atomic E-state index is 0. The number of rotatable bonds is 16. The first-order valence-electron chi connectivity index (χ1n) is 15.4. The van der Waals surface area contributed by atoms with Crippen molar-refractivity contribution in [2.75, 3.05) is 34.8 Å². The molecule has 0 spiro atoms. The van der Waals surface area contributed by atoms with Crippen LogP contribution >= 0.6 is 23.2 Å². The van der Waals surface area contributed by atoms with Crippen molar-refractivity contribution in [3.8, 4) is 11.8 Å². The monoisotopic (exact) mass is 896 g/mol. The Kier molecular flexibility index (Phi) is 20.6. The van der Waals surface area contributed by atoms with Gasteiger partial charge < -0.3 is 19.3 Å². The third-order valence-corrected chi connectivity index (χ3v) is 10.3. The Hall–Kier alpha value is -0.407. The van der Waals surface area contributed by atoms with E-state index in [2.05, 4.69) is 26.7 Å². The zero-order valence-electron chi connectivity index (χ0n) is 30.5. The van der Waals surface area contributed by atoms with E-state index in [4.69, 9.17) is 28.3 Å². The molecule has 3 rings (SSSR count). The molecule has 2 aromatic carbocycles. The Labute approximate surface area is 410 Å². The number of anilines is 2. The van der Waals surface area contributed by atoms with Gasteiger partial charge in [0, 0.05) is 42.6 Å². The number of azo groups is 1. The third kappa shape index (κ3) is 15.7. The molecule has 54 heavy (non-hydrogen) atoms. The summed E-state index contributed by atoms with van der Waals surface area (Å²) in [4.78, 5) is 13.7. The van der Waals surface area contributed by atoms with Crippen LogP contribution in [0.25, 0.3) is 5.69 Å². The number of nitrogens with two attached hydrogens (primary N) is 1. The Morgan fingerprint density at radius 3 is 1.89 bits per heavy atom. The van der Waals surface area contributed by atoms with Gasteiger partial charge in [0.05, 0.1) is 46.6 Å². The van der Waals surface area contributed by atoms with E-state index >= 15 is 0 Å². The first-order chi connectivity index (χ1) is 23.9. The van der Waals surface area contributed by atoms with Gasteiger partial charge in [0.1, 0.15) is 23.0 Å². The number of carbonyl (C=O) groups excluding carboxylic acids is 1. The summed E-state index contributed by atoms with van der Waals surface area (Å²) in [6.07, 6.45) is 0.677. The van der Waals surface area contributed by atoms with E-state index in [-0.39, 0.29) is 191 Å². The molecule has 0 atom stereocenters. The molecule has 0 aliphatic heterocycles. The van der Waals surface area contributed by atoms with Crippen LogP contribution in [-0.4, -0.2) is 74.6 Å². The molecule has 24 heteroatoms. The van der Waals surface area contributed by atoms with Gasteiger partial charge in [0.2, 0.25) is 15.9 Å². The normalized spacial score (nSPS) is 12.1. The molecule has 0 aliphatic rings. The van der Waals surface area contributed by atoms with Crippen LogP contribution in [0.15, 0.2) is 45.5 Å². The number of carbonyl (C=O) groups is 1. The Bertz CT molecular complexity index is 2180. The fourth-order valence-electron chi connectivity index (χ4n) is 4.93. The summed E-state index contributed by atoms with van der Waals surface area (Å²) in [7, 11) is -13.1. The fraction of sp³-hybridized carbons (Fsp3) is 0.433.